The number of aromatic nitrogens is 3. The molecule has 5 rings (SSSR count). The van der Waals surface area contributed by atoms with Gasteiger partial charge in [0.15, 0.2) is 5.79 Å². The molecule has 1 aliphatic carbocycles. The van der Waals surface area contributed by atoms with Gasteiger partial charge in [-0.05, 0) is 53.2 Å². The van der Waals surface area contributed by atoms with Crippen molar-refractivity contribution in [2.24, 2.45) is 5.92 Å². The Hall–Kier alpha value is -2.54. The van der Waals surface area contributed by atoms with Gasteiger partial charge in [0.2, 0.25) is 5.95 Å². The Balaban J connectivity index is 1.55. The van der Waals surface area contributed by atoms with Gasteiger partial charge in [0.25, 0.3) is 0 Å². The fourth-order valence-electron chi connectivity index (χ4n) is 5.16. The minimum absolute atomic E-state index is 0.139. The Kier molecular flexibility index (Phi) is 6.37. The number of benzene rings is 1. The van der Waals surface area contributed by atoms with Crippen LogP contribution in [0.25, 0.3) is 20.8 Å². The van der Waals surface area contributed by atoms with E-state index in [-0.39, 0.29) is 24.0 Å². The monoisotopic (exact) mass is 537 g/mol. The molecule has 0 amide bonds. The molecule has 0 radical (unpaired) electrons. The molecule has 0 unspecified atom stereocenters. The summed E-state index contributed by atoms with van der Waals surface area (Å²) in [5.41, 5.74) is 0.878. The normalized spacial score (nSPS) is 25.4. The van der Waals surface area contributed by atoms with Gasteiger partial charge in [-0.1, -0.05) is 12.1 Å². The predicted octanol–water partition coefficient (Wildman–Crippen LogP) is 5.13. The summed E-state index contributed by atoms with van der Waals surface area (Å²) in [4.78, 5) is 13.5. The van der Waals surface area contributed by atoms with Gasteiger partial charge in [-0.15, -0.1) is 11.3 Å². The number of para-hydroxylation sites is 1. The molecular weight excluding hydrogens is 507 g/mol. The minimum Gasteiger partial charge on any atom is -0.390 e. The second-order valence-electron chi connectivity index (χ2n) is 10.6. The number of rotatable bonds is 6. The number of nitrogens with zero attached hydrogens (tertiary/aromatic N) is 3. The first-order valence-corrected chi connectivity index (χ1v) is 12.9. The van der Waals surface area contributed by atoms with Crippen molar-refractivity contribution >= 4 is 33.3 Å². The van der Waals surface area contributed by atoms with E-state index in [1.807, 2.05) is 38.1 Å². The third-order valence-electron chi connectivity index (χ3n) is 6.74. The lowest BCUT2D eigenvalue weighted by molar-refractivity contribution is -0.166. The zero-order chi connectivity index (χ0) is 26.8. The van der Waals surface area contributed by atoms with Gasteiger partial charge >= 0.3 is 6.18 Å². The lowest BCUT2D eigenvalue weighted by Crippen LogP contribution is -2.39. The van der Waals surface area contributed by atoms with E-state index in [1.54, 1.807) is 20.8 Å². The van der Waals surface area contributed by atoms with Crippen molar-refractivity contribution in [1.29, 1.82) is 0 Å². The molecule has 12 heteroatoms. The van der Waals surface area contributed by atoms with Gasteiger partial charge in [-0.2, -0.15) is 18.2 Å². The highest BCUT2D eigenvalue weighted by atomic mass is 32.1. The van der Waals surface area contributed by atoms with Crippen LogP contribution in [-0.2, 0) is 9.47 Å². The van der Waals surface area contributed by atoms with E-state index in [0.717, 1.165) is 10.2 Å². The number of hydrogen-bond acceptors (Lipinski definition) is 9. The smallest absolute Gasteiger partial charge is 0.390 e. The maximum Gasteiger partial charge on any atom is 0.405 e. The standard InChI is InChI=1S/C25H30F3N5O3S/c1-12-17(21-32-14-8-6-7-9-16(14)37-21)20(33-22(30-12)29-11-25(26,27)28)31-15-10-13(23(2,3)34)18-19(15)36-24(4,5)35-18/h6-9,13,15,18-19,34H,10-11H2,1-5H3,(H2,29,30,31,33)/t13-,15+,18+,19-/m0/s1. The van der Waals surface area contributed by atoms with Crippen LogP contribution in [-0.4, -0.2) is 62.4 Å². The summed E-state index contributed by atoms with van der Waals surface area (Å²) in [7, 11) is 0. The largest absolute Gasteiger partial charge is 0.405 e. The van der Waals surface area contributed by atoms with Crippen LogP contribution < -0.4 is 10.6 Å². The number of alkyl halides is 3. The SMILES string of the molecule is Cc1nc(NCC(F)(F)F)nc(N[C@@H]2C[C@H](C(C)(C)O)[C@H]3OC(C)(C)O[C@H]32)c1-c1nc2ccccc2s1. The number of aryl methyl sites for hydroxylation is 1. The number of hydrogen-bond donors (Lipinski definition) is 3. The van der Waals surface area contributed by atoms with E-state index in [0.29, 0.717) is 28.5 Å². The maximum atomic E-state index is 12.9. The molecule has 2 aromatic heterocycles. The van der Waals surface area contributed by atoms with Gasteiger partial charge in [-0.3, -0.25) is 0 Å². The number of anilines is 2. The molecule has 1 aromatic carbocycles. The molecule has 0 spiro atoms. The molecule has 1 saturated carbocycles. The molecule has 37 heavy (non-hydrogen) atoms. The predicted molar refractivity (Wildman–Crippen MR) is 136 cm³/mol. The van der Waals surface area contributed by atoms with E-state index < -0.39 is 30.2 Å². The topological polar surface area (TPSA) is 101 Å². The van der Waals surface area contributed by atoms with Crippen molar-refractivity contribution in [2.75, 3.05) is 17.2 Å². The second-order valence-corrected chi connectivity index (χ2v) is 11.7. The highest BCUT2D eigenvalue weighted by Gasteiger charge is 2.57. The number of nitrogens with one attached hydrogen (secondary N) is 2. The summed E-state index contributed by atoms with van der Waals surface area (Å²) in [6.45, 7) is 7.60. The summed E-state index contributed by atoms with van der Waals surface area (Å²) in [5, 5.41) is 17.2. The molecular formula is C25H30F3N5O3S. The Bertz CT molecular complexity index is 1270. The van der Waals surface area contributed by atoms with Crippen LogP contribution in [0.2, 0.25) is 0 Å². The Morgan fingerprint density at radius 2 is 1.81 bits per heavy atom. The maximum absolute atomic E-state index is 12.9. The van der Waals surface area contributed by atoms with Crippen molar-refractivity contribution in [1.82, 2.24) is 15.0 Å². The summed E-state index contributed by atoms with van der Waals surface area (Å²) < 4.78 is 52.1. The van der Waals surface area contributed by atoms with E-state index in [4.69, 9.17) is 14.5 Å². The lowest BCUT2D eigenvalue weighted by Gasteiger charge is -2.31. The molecule has 4 atom stereocenters. The van der Waals surface area contributed by atoms with Crippen LogP contribution in [0.5, 0.6) is 0 Å². The van der Waals surface area contributed by atoms with E-state index in [9.17, 15) is 18.3 Å². The first kappa shape index (κ1) is 26.1. The third-order valence-corrected chi connectivity index (χ3v) is 7.79. The van der Waals surface area contributed by atoms with E-state index in [2.05, 4.69) is 20.6 Å². The Morgan fingerprint density at radius 3 is 2.49 bits per heavy atom. The average molecular weight is 538 g/mol. The quantitative estimate of drug-likeness (QED) is 0.398. The van der Waals surface area contributed by atoms with Crippen molar-refractivity contribution in [3.8, 4) is 10.6 Å². The first-order valence-electron chi connectivity index (χ1n) is 12.1. The average Bonchev–Trinajstić information content (AvgIpc) is 3.42. The third kappa shape index (κ3) is 5.38. The number of fused-ring (bicyclic) bond motifs is 2. The van der Waals surface area contributed by atoms with Crippen LogP contribution in [0.4, 0.5) is 24.9 Å². The van der Waals surface area contributed by atoms with E-state index >= 15 is 0 Å². The van der Waals surface area contributed by atoms with Crippen molar-refractivity contribution in [3.05, 3.63) is 30.0 Å². The summed E-state index contributed by atoms with van der Waals surface area (Å²) in [6.07, 6.45) is -4.65. The molecule has 0 bridgehead atoms. The van der Waals surface area contributed by atoms with Crippen molar-refractivity contribution < 1.29 is 27.8 Å². The molecule has 2 fully saturated rings. The molecule has 2 aliphatic rings. The van der Waals surface area contributed by atoms with Crippen LogP contribution in [0.15, 0.2) is 24.3 Å². The molecule has 200 valence electrons. The van der Waals surface area contributed by atoms with Crippen LogP contribution >= 0.6 is 11.3 Å². The van der Waals surface area contributed by atoms with Gasteiger partial charge in [0.05, 0.1) is 39.2 Å². The Morgan fingerprint density at radius 1 is 1.11 bits per heavy atom. The molecule has 1 aliphatic heterocycles. The Labute approximate surface area is 216 Å². The zero-order valence-electron chi connectivity index (χ0n) is 21.2. The fourth-order valence-corrected chi connectivity index (χ4v) is 6.22. The summed E-state index contributed by atoms with van der Waals surface area (Å²) in [6, 6.07) is 7.36. The second kappa shape index (κ2) is 9.04. The van der Waals surface area contributed by atoms with Crippen LogP contribution in [0.3, 0.4) is 0 Å². The number of ether oxygens (including phenoxy) is 2. The van der Waals surface area contributed by atoms with Gasteiger partial charge < -0.3 is 25.2 Å². The number of thiazole rings is 1. The number of halogens is 3. The highest BCUT2D eigenvalue weighted by Crippen LogP contribution is 2.47. The summed E-state index contributed by atoms with van der Waals surface area (Å²) in [5.74, 6) is -0.853. The lowest BCUT2D eigenvalue weighted by atomic mass is 9.87. The van der Waals surface area contributed by atoms with Gasteiger partial charge in [0.1, 0.15) is 23.5 Å². The first-order chi connectivity index (χ1) is 17.2. The zero-order valence-corrected chi connectivity index (χ0v) is 22.0. The number of aliphatic hydroxyl groups is 1. The molecule has 3 heterocycles. The minimum atomic E-state index is -4.42. The fraction of sp³-hybridized carbons (Fsp3) is 0.560. The van der Waals surface area contributed by atoms with Gasteiger partial charge in [0, 0.05) is 5.92 Å². The molecule has 3 aromatic rings. The van der Waals surface area contributed by atoms with Crippen LogP contribution in [0.1, 0.15) is 39.8 Å². The van der Waals surface area contributed by atoms with Crippen molar-refractivity contribution in [3.63, 3.8) is 0 Å². The van der Waals surface area contributed by atoms with Crippen molar-refractivity contribution in [2.45, 2.75) is 76.9 Å². The van der Waals surface area contributed by atoms with Crippen LogP contribution in [0, 0.1) is 12.8 Å². The van der Waals surface area contributed by atoms with Gasteiger partial charge in [-0.25, -0.2) is 9.97 Å². The summed E-state index contributed by atoms with van der Waals surface area (Å²) >= 11 is 1.46. The highest BCUT2D eigenvalue weighted by molar-refractivity contribution is 7.21. The van der Waals surface area contributed by atoms with E-state index in [1.165, 1.54) is 11.3 Å². The molecule has 1 saturated heterocycles. The molecule has 3 N–H and O–H groups in total. The molecule has 8 nitrogen and oxygen atoms in total.